The van der Waals surface area contributed by atoms with E-state index in [1.807, 2.05) is 19.1 Å². The first-order valence-electron chi connectivity index (χ1n) is 5.19. The van der Waals surface area contributed by atoms with Crippen molar-refractivity contribution in [2.45, 2.75) is 13.3 Å². The molecule has 0 heterocycles. The lowest BCUT2D eigenvalue weighted by Gasteiger charge is -2.06. The summed E-state index contributed by atoms with van der Waals surface area (Å²) < 4.78 is 5.50. The number of halogens is 1. The van der Waals surface area contributed by atoms with E-state index in [4.69, 9.17) is 21.4 Å². The van der Waals surface area contributed by atoms with E-state index in [0.29, 0.717) is 17.4 Å². The van der Waals surface area contributed by atoms with Crippen LogP contribution in [0.4, 0.5) is 0 Å². The lowest BCUT2D eigenvalue weighted by Crippen LogP contribution is -2.06. The second-order valence-electron chi connectivity index (χ2n) is 4.16. The van der Waals surface area contributed by atoms with E-state index in [-0.39, 0.29) is 11.8 Å². The van der Waals surface area contributed by atoms with Gasteiger partial charge in [-0.1, -0.05) is 17.7 Å². The first-order valence-corrected chi connectivity index (χ1v) is 5.57. The summed E-state index contributed by atoms with van der Waals surface area (Å²) >= 11 is 5.95. The van der Waals surface area contributed by atoms with E-state index >= 15 is 0 Å². The number of ether oxygens (including phenoxy) is 1. The van der Waals surface area contributed by atoms with Gasteiger partial charge in [-0.05, 0) is 31.0 Å². The Kier molecular flexibility index (Phi) is 3.06. The van der Waals surface area contributed by atoms with Gasteiger partial charge < -0.3 is 9.84 Å². The van der Waals surface area contributed by atoms with Crippen molar-refractivity contribution in [3.05, 3.63) is 28.8 Å². The van der Waals surface area contributed by atoms with Crippen LogP contribution in [0.5, 0.6) is 5.75 Å². The van der Waals surface area contributed by atoms with Gasteiger partial charge in [-0.15, -0.1) is 0 Å². The highest BCUT2D eigenvalue weighted by Gasteiger charge is 2.43. The molecule has 1 aliphatic carbocycles. The van der Waals surface area contributed by atoms with Gasteiger partial charge in [0.25, 0.3) is 0 Å². The van der Waals surface area contributed by atoms with E-state index in [2.05, 4.69) is 0 Å². The Morgan fingerprint density at radius 1 is 1.62 bits per heavy atom. The molecule has 3 nitrogen and oxygen atoms in total. The number of carbonyl (C=O) groups is 1. The summed E-state index contributed by atoms with van der Waals surface area (Å²) in [7, 11) is 0. The summed E-state index contributed by atoms with van der Waals surface area (Å²) in [6.45, 7) is 2.38. The molecule has 1 N–H and O–H groups in total. The van der Waals surface area contributed by atoms with Crippen LogP contribution in [0.2, 0.25) is 5.02 Å². The Bertz CT molecular complexity index is 417. The van der Waals surface area contributed by atoms with Crippen LogP contribution in [0.1, 0.15) is 12.0 Å². The van der Waals surface area contributed by atoms with Crippen molar-refractivity contribution in [1.29, 1.82) is 0 Å². The smallest absolute Gasteiger partial charge is 0.306 e. The predicted molar refractivity (Wildman–Crippen MR) is 60.9 cm³/mol. The molecule has 1 aromatic rings. The highest BCUT2D eigenvalue weighted by molar-refractivity contribution is 6.31. The van der Waals surface area contributed by atoms with Crippen LogP contribution >= 0.6 is 11.6 Å². The molecule has 1 aliphatic rings. The molecule has 0 saturated heterocycles. The summed E-state index contributed by atoms with van der Waals surface area (Å²) in [5, 5.41) is 9.39. The largest absolute Gasteiger partial charge is 0.493 e. The Hall–Kier alpha value is -1.22. The zero-order valence-corrected chi connectivity index (χ0v) is 9.70. The fraction of sp³-hybridized carbons (Fsp3) is 0.417. The molecule has 0 amide bonds. The minimum absolute atomic E-state index is 0.151. The van der Waals surface area contributed by atoms with E-state index in [1.165, 1.54) is 0 Å². The normalized spacial score (nSPS) is 22.9. The van der Waals surface area contributed by atoms with Crippen LogP contribution in [0, 0.1) is 18.8 Å². The number of carboxylic acids is 1. The van der Waals surface area contributed by atoms with Crippen molar-refractivity contribution < 1.29 is 14.6 Å². The monoisotopic (exact) mass is 240 g/mol. The molecule has 4 heteroatoms. The van der Waals surface area contributed by atoms with Gasteiger partial charge in [0.15, 0.2) is 0 Å². The van der Waals surface area contributed by atoms with Crippen molar-refractivity contribution in [3.8, 4) is 5.75 Å². The number of hydrogen-bond donors (Lipinski definition) is 1. The maximum atomic E-state index is 10.6. The number of rotatable bonds is 4. The van der Waals surface area contributed by atoms with E-state index < -0.39 is 5.97 Å². The zero-order valence-electron chi connectivity index (χ0n) is 8.94. The molecule has 0 bridgehead atoms. The molecule has 0 radical (unpaired) electrons. The van der Waals surface area contributed by atoms with Crippen LogP contribution in [0.15, 0.2) is 18.2 Å². The topological polar surface area (TPSA) is 46.5 Å². The van der Waals surface area contributed by atoms with Gasteiger partial charge in [-0.25, -0.2) is 0 Å². The fourth-order valence-electron chi connectivity index (χ4n) is 1.60. The highest BCUT2D eigenvalue weighted by Crippen LogP contribution is 2.39. The van der Waals surface area contributed by atoms with Crippen LogP contribution in [0.3, 0.4) is 0 Å². The fourth-order valence-corrected chi connectivity index (χ4v) is 1.77. The molecule has 0 spiro atoms. The van der Waals surface area contributed by atoms with Crippen LogP contribution in [-0.4, -0.2) is 17.7 Å². The van der Waals surface area contributed by atoms with Crippen LogP contribution in [-0.2, 0) is 4.79 Å². The first kappa shape index (κ1) is 11.3. The molecule has 0 unspecified atom stereocenters. The summed E-state index contributed by atoms with van der Waals surface area (Å²) in [6, 6.07) is 5.49. The molecular weight excluding hydrogens is 228 g/mol. The maximum absolute atomic E-state index is 10.6. The van der Waals surface area contributed by atoms with Crippen molar-refractivity contribution in [2.24, 2.45) is 11.8 Å². The molecule has 1 aromatic carbocycles. The van der Waals surface area contributed by atoms with E-state index in [1.54, 1.807) is 6.07 Å². The molecule has 86 valence electrons. The van der Waals surface area contributed by atoms with Crippen molar-refractivity contribution >= 4 is 17.6 Å². The minimum Gasteiger partial charge on any atom is -0.493 e. The minimum atomic E-state index is -0.726. The molecular formula is C12H13ClO3. The SMILES string of the molecule is Cc1ccc(OC[C@@H]2C[C@H]2C(=O)O)cc1Cl. The number of aliphatic carboxylic acids is 1. The average molecular weight is 241 g/mol. The number of aryl methyl sites for hydroxylation is 1. The summed E-state index contributed by atoms with van der Waals surface area (Å²) in [6.07, 6.45) is 0.717. The molecule has 0 aromatic heterocycles. The molecule has 1 fully saturated rings. The molecule has 2 atom stereocenters. The Balaban J connectivity index is 1.87. The van der Waals surface area contributed by atoms with Gasteiger partial charge in [0.1, 0.15) is 5.75 Å². The second-order valence-corrected chi connectivity index (χ2v) is 4.57. The lowest BCUT2D eigenvalue weighted by atomic mass is 10.2. The van der Waals surface area contributed by atoms with Gasteiger partial charge >= 0.3 is 5.97 Å². The summed E-state index contributed by atoms with van der Waals surface area (Å²) in [5.74, 6) is -0.0966. The first-order chi connectivity index (χ1) is 7.58. The van der Waals surface area contributed by atoms with E-state index in [0.717, 1.165) is 12.0 Å². The Morgan fingerprint density at radius 2 is 2.38 bits per heavy atom. The summed E-state index contributed by atoms with van der Waals surface area (Å²) in [4.78, 5) is 10.6. The third-order valence-corrected chi connectivity index (χ3v) is 3.25. The third kappa shape index (κ3) is 2.47. The average Bonchev–Trinajstić information content (AvgIpc) is 2.99. The quantitative estimate of drug-likeness (QED) is 0.880. The molecule has 2 rings (SSSR count). The number of carboxylic acid groups (broad SMARTS) is 1. The van der Waals surface area contributed by atoms with Crippen molar-refractivity contribution in [3.63, 3.8) is 0 Å². The molecule has 16 heavy (non-hydrogen) atoms. The van der Waals surface area contributed by atoms with Gasteiger partial charge in [-0.3, -0.25) is 4.79 Å². The Labute approximate surface area is 99.0 Å². The molecule has 1 saturated carbocycles. The Morgan fingerprint density at radius 3 is 2.94 bits per heavy atom. The van der Waals surface area contributed by atoms with Crippen molar-refractivity contribution in [2.75, 3.05) is 6.61 Å². The van der Waals surface area contributed by atoms with Gasteiger partial charge in [0, 0.05) is 10.9 Å². The van der Waals surface area contributed by atoms with Gasteiger partial charge in [0.05, 0.1) is 12.5 Å². The number of hydrogen-bond acceptors (Lipinski definition) is 2. The van der Waals surface area contributed by atoms with E-state index in [9.17, 15) is 4.79 Å². The number of benzene rings is 1. The van der Waals surface area contributed by atoms with Crippen LogP contribution in [0.25, 0.3) is 0 Å². The summed E-state index contributed by atoms with van der Waals surface area (Å²) in [5.41, 5.74) is 1.00. The highest BCUT2D eigenvalue weighted by atomic mass is 35.5. The van der Waals surface area contributed by atoms with Crippen LogP contribution < -0.4 is 4.74 Å². The third-order valence-electron chi connectivity index (χ3n) is 2.85. The predicted octanol–water partition coefficient (Wildman–Crippen LogP) is 2.75. The zero-order chi connectivity index (χ0) is 11.7. The maximum Gasteiger partial charge on any atom is 0.306 e. The van der Waals surface area contributed by atoms with Crippen molar-refractivity contribution in [1.82, 2.24) is 0 Å². The molecule has 0 aliphatic heterocycles. The standard InChI is InChI=1S/C12H13ClO3/c1-7-2-3-9(5-11(7)13)16-6-8-4-10(8)12(14)15/h2-3,5,8,10H,4,6H2,1H3,(H,14,15)/t8-,10+/m0/s1. The lowest BCUT2D eigenvalue weighted by molar-refractivity contribution is -0.138. The van der Waals surface area contributed by atoms with Gasteiger partial charge in [0.2, 0.25) is 0 Å². The second kappa shape index (κ2) is 4.34. The van der Waals surface area contributed by atoms with Gasteiger partial charge in [-0.2, -0.15) is 0 Å².